The summed E-state index contributed by atoms with van der Waals surface area (Å²) in [5.74, 6) is -1.15. The number of nitriles is 1. The Hall–Kier alpha value is -2.33. The van der Waals surface area contributed by atoms with Crippen LogP contribution in [0, 0.1) is 11.3 Å². The lowest BCUT2D eigenvalue weighted by molar-refractivity contribution is -0.138. The summed E-state index contributed by atoms with van der Waals surface area (Å²) in [5, 5.41) is 12.3. The van der Waals surface area contributed by atoms with Crippen LogP contribution in [0.25, 0.3) is 0 Å². The largest absolute Gasteiger partial charge is 0.462 e. The van der Waals surface area contributed by atoms with Gasteiger partial charge in [-0.2, -0.15) is 5.26 Å². The lowest BCUT2D eigenvalue weighted by atomic mass is 10.2. The van der Waals surface area contributed by atoms with E-state index in [9.17, 15) is 9.59 Å². The van der Waals surface area contributed by atoms with Gasteiger partial charge in [0.05, 0.1) is 18.8 Å². The van der Waals surface area contributed by atoms with Crippen molar-refractivity contribution >= 4 is 28.3 Å². The zero-order valence-corrected chi connectivity index (χ0v) is 13.6. The fourth-order valence-electron chi connectivity index (χ4n) is 1.57. The predicted octanol–water partition coefficient (Wildman–Crippen LogP) is 2.87. The molecule has 0 aliphatic rings. The van der Waals surface area contributed by atoms with Gasteiger partial charge in [-0.25, -0.2) is 9.59 Å². The van der Waals surface area contributed by atoms with Gasteiger partial charge in [-0.1, -0.05) is 6.92 Å². The van der Waals surface area contributed by atoms with Crippen molar-refractivity contribution in [3.63, 3.8) is 0 Å². The van der Waals surface area contributed by atoms with Crippen LogP contribution in [0.15, 0.2) is 17.8 Å². The number of hydrogen-bond donors (Lipinski definition) is 1. The first-order valence-electron chi connectivity index (χ1n) is 6.91. The molecular weight excluding hydrogens is 304 g/mol. The lowest BCUT2D eigenvalue weighted by Gasteiger charge is -2.04. The molecule has 0 saturated carbocycles. The summed E-state index contributed by atoms with van der Waals surface area (Å²) in [4.78, 5) is 24.4. The van der Waals surface area contributed by atoms with Crippen LogP contribution < -0.4 is 5.32 Å². The maximum atomic E-state index is 11.9. The third kappa shape index (κ3) is 4.60. The molecular formula is C15H18N2O4S. The third-order valence-corrected chi connectivity index (χ3v) is 3.80. The number of thiophene rings is 1. The van der Waals surface area contributed by atoms with Gasteiger partial charge in [0, 0.05) is 11.1 Å². The number of ether oxygens (including phenoxy) is 2. The van der Waals surface area contributed by atoms with Crippen molar-refractivity contribution in [1.82, 2.24) is 0 Å². The molecule has 0 unspecified atom stereocenters. The average Bonchev–Trinajstić information content (AvgIpc) is 2.92. The van der Waals surface area contributed by atoms with Crippen LogP contribution in [0.3, 0.4) is 0 Å². The third-order valence-electron chi connectivity index (χ3n) is 2.59. The SMILES string of the molecule is CCOC(=O)/C(C#N)=C\Nc1sc(CC)cc1C(=O)OCC. The molecule has 0 aliphatic heterocycles. The van der Waals surface area contributed by atoms with Crippen LogP contribution in [0.1, 0.15) is 36.0 Å². The number of rotatable bonds is 7. The van der Waals surface area contributed by atoms with Crippen LogP contribution >= 0.6 is 11.3 Å². The molecule has 7 heteroatoms. The molecule has 0 saturated heterocycles. The van der Waals surface area contributed by atoms with Crippen LogP contribution in [-0.2, 0) is 20.7 Å². The smallest absolute Gasteiger partial charge is 0.350 e. The molecule has 0 aromatic carbocycles. The van der Waals surface area contributed by atoms with E-state index in [1.54, 1.807) is 26.0 Å². The monoisotopic (exact) mass is 322 g/mol. The molecule has 6 nitrogen and oxygen atoms in total. The number of esters is 2. The molecule has 1 N–H and O–H groups in total. The van der Waals surface area contributed by atoms with E-state index in [4.69, 9.17) is 14.7 Å². The fraction of sp³-hybridized carbons (Fsp3) is 0.400. The van der Waals surface area contributed by atoms with E-state index in [1.807, 2.05) is 6.92 Å². The van der Waals surface area contributed by atoms with Crippen LogP contribution in [0.2, 0.25) is 0 Å². The number of nitrogens with zero attached hydrogens (tertiary/aromatic N) is 1. The average molecular weight is 322 g/mol. The molecule has 0 amide bonds. The maximum absolute atomic E-state index is 11.9. The minimum absolute atomic E-state index is 0.164. The maximum Gasteiger partial charge on any atom is 0.350 e. The Labute approximate surface area is 133 Å². The first kappa shape index (κ1) is 17.7. The minimum atomic E-state index is -0.706. The molecule has 118 valence electrons. The van der Waals surface area contributed by atoms with Gasteiger partial charge in [0.15, 0.2) is 5.57 Å². The Morgan fingerprint density at radius 1 is 1.32 bits per heavy atom. The predicted molar refractivity (Wildman–Crippen MR) is 83.6 cm³/mol. The van der Waals surface area contributed by atoms with E-state index in [0.29, 0.717) is 10.6 Å². The molecule has 22 heavy (non-hydrogen) atoms. The fourth-order valence-corrected chi connectivity index (χ4v) is 2.52. The standard InChI is InChI=1S/C15H18N2O4S/c1-4-11-7-12(15(19)21-6-3)13(22-11)17-9-10(8-16)14(18)20-5-2/h7,9,17H,4-6H2,1-3H3/b10-9-. The van der Waals surface area contributed by atoms with Gasteiger partial charge in [-0.3, -0.25) is 0 Å². The molecule has 0 radical (unpaired) electrons. The Morgan fingerprint density at radius 3 is 2.55 bits per heavy atom. The summed E-state index contributed by atoms with van der Waals surface area (Å²) in [6.07, 6.45) is 2.01. The van der Waals surface area contributed by atoms with Crippen molar-refractivity contribution in [2.24, 2.45) is 0 Å². The quantitative estimate of drug-likeness (QED) is 0.472. The first-order valence-corrected chi connectivity index (χ1v) is 7.72. The minimum Gasteiger partial charge on any atom is -0.462 e. The van der Waals surface area contributed by atoms with E-state index in [0.717, 1.165) is 11.3 Å². The van der Waals surface area contributed by atoms with Crippen LogP contribution in [0.5, 0.6) is 0 Å². The summed E-state index contributed by atoms with van der Waals surface area (Å²) in [5.41, 5.74) is 0.226. The zero-order valence-electron chi connectivity index (χ0n) is 12.8. The number of nitrogens with one attached hydrogen (secondary N) is 1. The van der Waals surface area contributed by atoms with Gasteiger partial charge in [-0.15, -0.1) is 11.3 Å². The van der Waals surface area contributed by atoms with E-state index >= 15 is 0 Å². The second kappa shape index (κ2) is 8.85. The highest BCUT2D eigenvalue weighted by Gasteiger charge is 2.17. The number of anilines is 1. The van der Waals surface area contributed by atoms with E-state index in [2.05, 4.69) is 5.32 Å². The van der Waals surface area contributed by atoms with Crippen molar-refractivity contribution in [1.29, 1.82) is 5.26 Å². The summed E-state index contributed by atoms with van der Waals surface area (Å²) < 4.78 is 9.76. The second-order valence-electron chi connectivity index (χ2n) is 4.06. The van der Waals surface area contributed by atoms with E-state index in [-0.39, 0.29) is 18.8 Å². The van der Waals surface area contributed by atoms with Crippen LogP contribution in [0.4, 0.5) is 5.00 Å². The Bertz CT molecular complexity index is 614. The molecule has 0 spiro atoms. The number of hydrogen-bond acceptors (Lipinski definition) is 7. The molecule has 0 aliphatic carbocycles. The molecule has 1 aromatic rings. The van der Waals surface area contributed by atoms with Gasteiger partial charge in [0.25, 0.3) is 0 Å². The first-order chi connectivity index (χ1) is 10.6. The highest BCUT2D eigenvalue weighted by molar-refractivity contribution is 7.16. The molecule has 0 bridgehead atoms. The van der Waals surface area contributed by atoms with Gasteiger partial charge >= 0.3 is 11.9 Å². The Kier molecular flexibility index (Phi) is 7.13. The van der Waals surface area contributed by atoms with Crippen molar-refractivity contribution in [2.75, 3.05) is 18.5 Å². The highest BCUT2D eigenvalue weighted by atomic mass is 32.1. The lowest BCUT2D eigenvalue weighted by Crippen LogP contribution is -2.09. The molecule has 0 fully saturated rings. The Morgan fingerprint density at radius 2 is 2.00 bits per heavy atom. The van der Waals surface area contributed by atoms with Crippen molar-refractivity contribution in [3.05, 3.63) is 28.3 Å². The molecule has 0 atom stereocenters. The van der Waals surface area contributed by atoms with Crippen molar-refractivity contribution < 1.29 is 19.1 Å². The number of carbonyl (C=O) groups is 2. The molecule has 1 heterocycles. The molecule has 1 aromatic heterocycles. The van der Waals surface area contributed by atoms with E-state index < -0.39 is 11.9 Å². The number of aryl methyl sites for hydroxylation is 1. The van der Waals surface area contributed by atoms with E-state index in [1.165, 1.54) is 17.5 Å². The molecule has 1 rings (SSSR count). The zero-order chi connectivity index (χ0) is 16.5. The normalized spacial score (nSPS) is 10.7. The highest BCUT2D eigenvalue weighted by Crippen LogP contribution is 2.29. The van der Waals surface area contributed by atoms with Crippen LogP contribution in [-0.4, -0.2) is 25.2 Å². The second-order valence-corrected chi connectivity index (χ2v) is 5.20. The van der Waals surface area contributed by atoms with Gasteiger partial charge in [-0.05, 0) is 26.3 Å². The Balaban J connectivity index is 3.01. The number of carbonyl (C=O) groups excluding carboxylic acids is 2. The summed E-state index contributed by atoms with van der Waals surface area (Å²) in [6.45, 7) is 5.82. The summed E-state index contributed by atoms with van der Waals surface area (Å²) in [7, 11) is 0. The van der Waals surface area contributed by atoms with Crippen molar-refractivity contribution in [2.45, 2.75) is 27.2 Å². The van der Waals surface area contributed by atoms with Crippen molar-refractivity contribution in [3.8, 4) is 6.07 Å². The van der Waals surface area contributed by atoms with Gasteiger partial charge < -0.3 is 14.8 Å². The summed E-state index contributed by atoms with van der Waals surface area (Å²) in [6, 6.07) is 3.51. The van der Waals surface area contributed by atoms with Gasteiger partial charge in [0.2, 0.25) is 0 Å². The van der Waals surface area contributed by atoms with Gasteiger partial charge in [0.1, 0.15) is 11.1 Å². The topological polar surface area (TPSA) is 88.4 Å². The summed E-state index contributed by atoms with van der Waals surface area (Å²) >= 11 is 1.37.